The standard InChI is InChI=1S/C20H23F2N3O3S/c1-12(2)20(21,22)14-5-6-15(16(7-14)25-29(27,28)13(3)4)17(26)24-19-8-18(9-19,10-19)11-23/h5-7,13,25H,1,8-10H2,2-4H3,(H,24,26). The lowest BCUT2D eigenvalue weighted by Gasteiger charge is -2.66. The minimum atomic E-state index is -3.87. The van der Waals surface area contributed by atoms with Crippen molar-refractivity contribution in [2.24, 2.45) is 5.41 Å². The van der Waals surface area contributed by atoms with Crippen molar-refractivity contribution in [2.75, 3.05) is 4.72 Å². The van der Waals surface area contributed by atoms with Crippen molar-refractivity contribution in [2.45, 2.75) is 56.7 Å². The summed E-state index contributed by atoms with van der Waals surface area (Å²) in [5.74, 6) is -3.94. The number of halogens is 2. The number of nitrogens with zero attached hydrogens (tertiary/aromatic N) is 1. The number of alkyl halides is 2. The van der Waals surface area contributed by atoms with Crippen LogP contribution in [0.15, 0.2) is 30.4 Å². The zero-order chi connectivity index (χ0) is 21.8. The van der Waals surface area contributed by atoms with Crippen LogP contribution in [0.25, 0.3) is 0 Å². The van der Waals surface area contributed by atoms with Gasteiger partial charge in [0.25, 0.3) is 11.8 Å². The Hall–Kier alpha value is -2.47. The summed E-state index contributed by atoms with van der Waals surface area (Å²) in [6, 6.07) is 5.49. The van der Waals surface area contributed by atoms with Crippen LogP contribution < -0.4 is 10.0 Å². The minimum absolute atomic E-state index is 0.0498. The maximum absolute atomic E-state index is 14.4. The number of hydrogen-bond donors (Lipinski definition) is 2. The van der Waals surface area contributed by atoms with Crippen LogP contribution in [0.4, 0.5) is 14.5 Å². The molecular formula is C20H23F2N3O3S. The molecule has 0 aliphatic heterocycles. The summed E-state index contributed by atoms with van der Waals surface area (Å²) in [5, 5.41) is 11.1. The van der Waals surface area contributed by atoms with Crippen molar-refractivity contribution in [3.8, 4) is 6.07 Å². The molecule has 3 aliphatic rings. The minimum Gasteiger partial charge on any atom is -0.346 e. The van der Waals surface area contributed by atoms with E-state index in [9.17, 15) is 22.0 Å². The van der Waals surface area contributed by atoms with E-state index in [2.05, 4.69) is 22.7 Å². The highest BCUT2D eigenvalue weighted by Gasteiger charge is 2.69. The van der Waals surface area contributed by atoms with Crippen LogP contribution in [-0.4, -0.2) is 25.1 Å². The molecule has 156 valence electrons. The van der Waals surface area contributed by atoms with Crippen molar-refractivity contribution in [1.29, 1.82) is 5.26 Å². The first kappa shape index (κ1) is 21.2. The maximum atomic E-state index is 14.4. The molecule has 3 fully saturated rings. The fraction of sp³-hybridized carbons (Fsp3) is 0.500. The van der Waals surface area contributed by atoms with Gasteiger partial charge in [-0.25, -0.2) is 8.42 Å². The number of hydrogen-bond acceptors (Lipinski definition) is 4. The molecule has 1 amide bonds. The fourth-order valence-electron chi connectivity index (χ4n) is 3.89. The molecule has 9 heteroatoms. The molecule has 4 rings (SSSR count). The largest absolute Gasteiger partial charge is 0.346 e. The number of carbonyl (C=O) groups excluding carboxylic acids is 1. The Balaban J connectivity index is 1.94. The summed E-state index contributed by atoms with van der Waals surface area (Å²) in [7, 11) is -3.87. The van der Waals surface area contributed by atoms with E-state index < -0.39 is 43.8 Å². The van der Waals surface area contributed by atoms with E-state index >= 15 is 0 Å². The molecule has 0 spiro atoms. The second-order valence-corrected chi connectivity index (χ2v) is 10.7. The summed E-state index contributed by atoms with van der Waals surface area (Å²) < 4.78 is 55.7. The number of sulfonamides is 1. The Kier molecular flexibility index (Phi) is 4.78. The number of nitriles is 1. The molecule has 0 atom stereocenters. The van der Waals surface area contributed by atoms with Crippen molar-refractivity contribution >= 4 is 21.6 Å². The van der Waals surface area contributed by atoms with Crippen molar-refractivity contribution in [3.05, 3.63) is 41.5 Å². The normalized spacial score (nSPS) is 25.4. The second-order valence-electron chi connectivity index (χ2n) is 8.47. The van der Waals surface area contributed by atoms with Crippen LogP contribution in [0.5, 0.6) is 0 Å². The van der Waals surface area contributed by atoms with Crippen LogP contribution in [0.1, 0.15) is 56.0 Å². The number of anilines is 1. The first-order valence-corrected chi connectivity index (χ1v) is 10.7. The molecule has 2 N–H and O–H groups in total. The fourth-order valence-corrected chi connectivity index (χ4v) is 4.60. The summed E-state index contributed by atoms with van der Waals surface area (Å²) in [4.78, 5) is 12.8. The monoisotopic (exact) mass is 423 g/mol. The lowest BCUT2D eigenvalue weighted by Crippen LogP contribution is -2.74. The van der Waals surface area contributed by atoms with Gasteiger partial charge in [-0.05, 0) is 57.7 Å². The Bertz CT molecular complexity index is 1020. The molecular weight excluding hydrogens is 400 g/mol. The van der Waals surface area contributed by atoms with Gasteiger partial charge in [0.2, 0.25) is 10.0 Å². The highest BCUT2D eigenvalue weighted by molar-refractivity contribution is 7.93. The quantitative estimate of drug-likeness (QED) is 0.654. The molecule has 3 aliphatic carbocycles. The van der Waals surface area contributed by atoms with Gasteiger partial charge in [-0.15, -0.1) is 0 Å². The van der Waals surface area contributed by atoms with E-state index in [1.807, 2.05) is 0 Å². The Morgan fingerprint density at radius 3 is 2.38 bits per heavy atom. The van der Waals surface area contributed by atoms with Crippen LogP contribution in [0.3, 0.4) is 0 Å². The molecule has 0 aromatic heterocycles. The van der Waals surface area contributed by atoms with E-state index in [1.165, 1.54) is 26.8 Å². The zero-order valence-electron chi connectivity index (χ0n) is 16.5. The van der Waals surface area contributed by atoms with E-state index in [0.29, 0.717) is 19.3 Å². The van der Waals surface area contributed by atoms with Gasteiger partial charge in [0.15, 0.2) is 0 Å². The second kappa shape index (κ2) is 6.52. The van der Waals surface area contributed by atoms with Gasteiger partial charge in [0.1, 0.15) is 0 Å². The molecule has 3 saturated carbocycles. The SMILES string of the molecule is C=C(C)C(F)(F)c1ccc(C(=O)NC23CC(C#N)(C2)C3)c(NS(=O)(=O)C(C)C)c1. The van der Waals surface area contributed by atoms with Gasteiger partial charge in [0.05, 0.1) is 28.0 Å². The zero-order valence-corrected chi connectivity index (χ0v) is 17.3. The number of benzene rings is 1. The Morgan fingerprint density at radius 1 is 1.31 bits per heavy atom. The van der Waals surface area contributed by atoms with Crippen molar-refractivity contribution < 1.29 is 22.0 Å². The Morgan fingerprint density at radius 2 is 1.90 bits per heavy atom. The summed E-state index contributed by atoms with van der Waals surface area (Å²) >= 11 is 0. The third-order valence-electron chi connectivity index (χ3n) is 5.68. The van der Waals surface area contributed by atoms with Gasteiger partial charge >= 0.3 is 0 Å². The van der Waals surface area contributed by atoms with Gasteiger partial charge in [0, 0.05) is 11.1 Å². The predicted molar refractivity (Wildman–Crippen MR) is 105 cm³/mol. The number of carbonyl (C=O) groups is 1. The van der Waals surface area contributed by atoms with E-state index in [-0.39, 0.29) is 16.7 Å². The molecule has 0 saturated heterocycles. The van der Waals surface area contributed by atoms with Gasteiger partial charge in [-0.1, -0.05) is 12.6 Å². The van der Waals surface area contributed by atoms with Gasteiger partial charge in [-0.3, -0.25) is 9.52 Å². The first-order chi connectivity index (χ1) is 13.3. The maximum Gasteiger partial charge on any atom is 0.294 e. The topological polar surface area (TPSA) is 99.1 Å². The van der Waals surface area contributed by atoms with E-state index in [0.717, 1.165) is 12.1 Å². The summed E-state index contributed by atoms with van der Waals surface area (Å²) in [6.45, 7) is 7.34. The van der Waals surface area contributed by atoms with Crippen LogP contribution >= 0.6 is 0 Å². The molecule has 6 nitrogen and oxygen atoms in total. The number of amides is 1. The van der Waals surface area contributed by atoms with Gasteiger partial charge < -0.3 is 5.32 Å². The first-order valence-electron chi connectivity index (χ1n) is 9.20. The van der Waals surface area contributed by atoms with Crippen molar-refractivity contribution in [3.63, 3.8) is 0 Å². The summed E-state index contributed by atoms with van der Waals surface area (Å²) in [5.41, 5.74) is -1.97. The number of rotatable bonds is 7. The molecule has 1 aromatic rings. The molecule has 2 bridgehead atoms. The molecule has 0 unspecified atom stereocenters. The van der Waals surface area contributed by atoms with Crippen LogP contribution in [0, 0.1) is 16.7 Å². The highest BCUT2D eigenvalue weighted by atomic mass is 32.2. The molecule has 0 radical (unpaired) electrons. The lowest BCUT2D eigenvalue weighted by molar-refractivity contribution is -0.102. The number of allylic oxidation sites excluding steroid dienone is 1. The third kappa shape index (κ3) is 3.50. The smallest absolute Gasteiger partial charge is 0.294 e. The summed E-state index contributed by atoms with van der Waals surface area (Å²) in [6.07, 6.45) is 1.63. The average molecular weight is 423 g/mol. The third-order valence-corrected chi connectivity index (χ3v) is 7.43. The molecule has 0 heterocycles. The van der Waals surface area contributed by atoms with Gasteiger partial charge in [-0.2, -0.15) is 14.0 Å². The molecule has 1 aromatic carbocycles. The molecule has 29 heavy (non-hydrogen) atoms. The van der Waals surface area contributed by atoms with Crippen LogP contribution in [0.2, 0.25) is 0 Å². The lowest BCUT2D eigenvalue weighted by atomic mass is 9.40. The predicted octanol–water partition coefficient (Wildman–Crippen LogP) is 3.68. The highest BCUT2D eigenvalue weighted by Crippen LogP contribution is 2.66. The number of nitrogens with one attached hydrogen (secondary N) is 2. The average Bonchev–Trinajstić information content (AvgIpc) is 2.55. The Labute approximate surface area is 169 Å². The van der Waals surface area contributed by atoms with E-state index in [4.69, 9.17) is 5.26 Å². The van der Waals surface area contributed by atoms with E-state index in [1.54, 1.807) is 0 Å². The van der Waals surface area contributed by atoms with Crippen molar-refractivity contribution in [1.82, 2.24) is 5.32 Å². The van der Waals surface area contributed by atoms with Crippen LogP contribution in [-0.2, 0) is 15.9 Å².